The quantitative estimate of drug-likeness (QED) is 0.0222. The number of phosphoric acid groups is 2. The molecule has 0 rings (SSSR count). The average molecular weight is 1300 g/mol. The molecule has 522 valence electrons. The summed E-state index contributed by atoms with van der Waals surface area (Å²) in [6, 6.07) is 0. The lowest BCUT2D eigenvalue weighted by Gasteiger charge is -2.21. The molecule has 0 bridgehead atoms. The Morgan fingerprint density at radius 1 is 0.307 bits per heavy atom. The molecule has 17 nitrogen and oxygen atoms in total. The topological polar surface area (TPSA) is 237 Å². The van der Waals surface area contributed by atoms with E-state index in [1.54, 1.807) is 0 Å². The molecule has 0 aromatic heterocycles. The molecule has 5 atom stereocenters. The number of aliphatic hydroxyl groups is 1. The molecule has 0 saturated heterocycles. The van der Waals surface area contributed by atoms with E-state index in [2.05, 4.69) is 34.6 Å². The largest absolute Gasteiger partial charge is 0.472 e. The van der Waals surface area contributed by atoms with E-state index < -0.39 is 97.5 Å². The predicted octanol–water partition coefficient (Wildman–Crippen LogP) is 19.7. The third-order valence-corrected chi connectivity index (χ3v) is 17.9. The smallest absolute Gasteiger partial charge is 0.462 e. The van der Waals surface area contributed by atoms with Gasteiger partial charge in [-0.1, -0.05) is 304 Å². The van der Waals surface area contributed by atoms with Crippen LogP contribution in [-0.4, -0.2) is 96.7 Å². The van der Waals surface area contributed by atoms with Crippen LogP contribution in [-0.2, 0) is 65.4 Å². The van der Waals surface area contributed by atoms with Crippen LogP contribution >= 0.6 is 15.6 Å². The van der Waals surface area contributed by atoms with Crippen molar-refractivity contribution >= 4 is 39.5 Å². The molecular formula is C69H134O17P2. The molecule has 0 saturated carbocycles. The summed E-state index contributed by atoms with van der Waals surface area (Å²) in [7, 11) is -9.89. The van der Waals surface area contributed by atoms with Crippen molar-refractivity contribution in [3.05, 3.63) is 0 Å². The Labute approximate surface area is 537 Å². The van der Waals surface area contributed by atoms with Crippen molar-refractivity contribution in [1.29, 1.82) is 0 Å². The first-order valence-corrected chi connectivity index (χ1v) is 39.1. The molecule has 2 unspecified atom stereocenters. The Hall–Kier alpha value is -1.94. The summed E-state index contributed by atoms with van der Waals surface area (Å²) in [4.78, 5) is 72.2. The molecule has 0 aliphatic rings. The van der Waals surface area contributed by atoms with Crippen LogP contribution in [0.5, 0.6) is 0 Å². The zero-order valence-electron chi connectivity index (χ0n) is 56.9. The highest BCUT2D eigenvalue weighted by atomic mass is 31.2. The third kappa shape index (κ3) is 62.8. The average Bonchev–Trinajstić information content (AvgIpc) is 3.52. The molecule has 0 aliphatic carbocycles. The normalized spacial score (nSPS) is 14.1. The fraction of sp³-hybridized carbons (Fsp3) is 0.942. The van der Waals surface area contributed by atoms with Gasteiger partial charge in [0.2, 0.25) is 0 Å². The summed E-state index contributed by atoms with van der Waals surface area (Å²) in [6.45, 7) is 7.16. The fourth-order valence-corrected chi connectivity index (χ4v) is 12.0. The summed E-state index contributed by atoms with van der Waals surface area (Å²) < 4.78 is 68.0. The second-order valence-electron chi connectivity index (χ2n) is 25.4. The highest BCUT2D eigenvalue weighted by Gasteiger charge is 2.30. The Kier molecular flexibility index (Phi) is 61.1. The van der Waals surface area contributed by atoms with Crippen molar-refractivity contribution in [2.24, 2.45) is 5.92 Å². The number of aliphatic hydroxyl groups excluding tert-OH is 1. The lowest BCUT2D eigenvalue weighted by atomic mass is 10.0. The molecule has 3 N–H and O–H groups in total. The predicted molar refractivity (Wildman–Crippen MR) is 354 cm³/mol. The van der Waals surface area contributed by atoms with Gasteiger partial charge in [-0.25, -0.2) is 9.13 Å². The van der Waals surface area contributed by atoms with E-state index in [-0.39, 0.29) is 25.7 Å². The minimum atomic E-state index is -4.95. The monoisotopic (exact) mass is 1300 g/mol. The van der Waals surface area contributed by atoms with Crippen molar-refractivity contribution < 1.29 is 80.2 Å². The Morgan fingerprint density at radius 3 is 0.773 bits per heavy atom. The molecule has 0 radical (unpaired) electrons. The molecule has 0 fully saturated rings. The first-order valence-electron chi connectivity index (χ1n) is 36.1. The summed E-state index contributed by atoms with van der Waals surface area (Å²) >= 11 is 0. The van der Waals surface area contributed by atoms with E-state index in [1.807, 2.05) is 0 Å². The van der Waals surface area contributed by atoms with E-state index in [9.17, 15) is 43.2 Å². The SMILES string of the molecule is CCCCCCCCCCCCCCCCCCCCC(=O)O[C@H](COC(=O)CCCCCCCCCCCCCCC(C)C)COP(=O)(O)OC[C@@H](O)COP(=O)(O)OC[C@@H](COC(=O)CCCCCCC)OC(=O)CCCCCCCCCCCC. The van der Waals surface area contributed by atoms with E-state index in [0.717, 1.165) is 102 Å². The molecule has 19 heteroatoms. The Bertz CT molecular complexity index is 1700. The second-order valence-corrected chi connectivity index (χ2v) is 28.3. The summed E-state index contributed by atoms with van der Waals surface area (Å²) in [6.07, 6.45) is 49.0. The minimum absolute atomic E-state index is 0.106. The van der Waals surface area contributed by atoms with Gasteiger partial charge in [0.05, 0.1) is 26.4 Å². The van der Waals surface area contributed by atoms with Crippen LogP contribution in [0.15, 0.2) is 0 Å². The van der Waals surface area contributed by atoms with E-state index in [4.69, 9.17) is 37.0 Å². The molecule has 0 heterocycles. The molecule has 0 aliphatic heterocycles. The molecule has 88 heavy (non-hydrogen) atoms. The number of unbranched alkanes of at least 4 members (excludes halogenated alkanes) is 41. The van der Waals surface area contributed by atoms with Gasteiger partial charge in [-0.3, -0.25) is 37.3 Å². The number of phosphoric ester groups is 2. The minimum Gasteiger partial charge on any atom is -0.462 e. The van der Waals surface area contributed by atoms with Gasteiger partial charge >= 0.3 is 39.5 Å². The van der Waals surface area contributed by atoms with Crippen LogP contribution in [0.2, 0.25) is 0 Å². The lowest BCUT2D eigenvalue weighted by Crippen LogP contribution is -2.30. The van der Waals surface area contributed by atoms with Gasteiger partial charge in [0.25, 0.3) is 0 Å². The number of rotatable bonds is 69. The van der Waals surface area contributed by atoms with Gasteiger partial charge in [0.1, 0.15) is 19.3 Å². The maximum Gasteiger partial charge on any atom is 0.472 e. The zero-order chi connectivity index (χ0) is 64.9. The number of carbonyl (C=O) groups is 4. The second kappa shape index (κ2) is 62.5. The van der Waals surface area contributed by atoms with E-state index in [1.165, 1.54) is 173 Å². The van der Waals surface area contributed by atoms with Crippen LogP contribution < -0.4 is 0 Å². The standard InChI is InChI=1S/C69H134O17P2/c1-6-9-12-15-17-19-21-22-23-24-25-26-27-32-36-40-45-50-55-69(74)86-65(59-80-67(72)53-48-43-38-35-31-29-28-30-33-37-42-46-51-62(4)5)61-84-88(77,78)82-57-63(70)56-81-87(75,76)83-60-64(58-79-66(71)52-47-41-14-11-8-3)85-68(73)54-49-44-39-34-20-18-16-13-10-7-2/h62-65,70H,6-61H2,1-5H3,(H,75,76)(H,77,78)/t63-,64+,65+/m0/s1. The highest BCUT2D eigenvalue weighted by Crippen LogP contribution is 2.45. The van der Waals surface area contributed by atoms with Crippen LogP contribution in [0.4, 0.5) is 0 Å². The molecule has 0 aromatic rings. The number of hydrogen-bond donors (Lipinski definition) is 3. The number of ether oxygens (including phenoxy) is 4. The van der Waals surface area contributed by atoms with Crippen LogP contribution in [0.25, 0.3) is 0 Å². The summed E-state index contributed by atoms with van der Waals surface area (Å²) in [5.41, 5.74) is 0. The van der Waals surface area contributed by atoms with Crippen molar-refractivity contribution in [2.75, 3.05) is 39.6 Å². The number of hydrogen-bond acceptors (Lipinski definition) is 15. The van der Waals surface area contributed by atoms with Crippen LogP contribution in [0.1, 0.15) is 356 Å². The zero-order valence-corrected chi connectivity index (χ0v) is 58.6. The maximum absolute atomic E-state index is 13.0. The fourth-order valence-electron chi connectivity index (χ4n) is 10.5. The number of carbonyl (C=O) groups excluding carboxylic acids is 4. The molecular weight excluding hydrogens is 1160 g/mol. The van der Waals surface area contributed by atoms with Crippen LogP contribution in [0, 0.1) is 5.92 Å². The lowest BCUT2D eigenvalue weighted by molar-refractivity contribution is -0.161. The van der Waals surface area contributed by atoms with E-state index in [0.29, 0.717) is 25.7 Å². The molecule has 0 aromatic carbocycles. The Balaban J connectivity index is 5.15. The first kappa shape index (κ1) is 86.1. The maximum atomic E-state index is 13.0. The van der Waals surface area contributed by atoms with Gasteiger partial charge in [-0.15, -0.1) is 0 Å². The Morgan fingerprint density at radius 2 is 0.523 bits per heavy atom. The van der Waals surface area contributed by atoms with Gasteiger partial charge in [0, 0.05) is 25.7 Å². The number of esters is 4. The van der Waals surface area contributed by atoms with Crippen molar-refractivity contribution in [1.82, 2.24) is 0 Å². The third-order valence-electron chi connectivity index (χ3n) is 16.0. The van der Waals surface area contributed by atoms with Crippen LogP contribution in [0.3, 0.4) is 0 Å². The highest BCUT2D eigenvalue weighted by molar-refractivity contribution is 7.47. The van der Waals surface area contributed by atoms with Crippen molar-refractivity contribution in [3.8, 4) is 0 Å². The van der Waals surface area contributed by atoms with E-state index >= 15 is 0 Å². The summed E-state index contributed by atoms with van der Waals surface area (Å²) in [5.74, 6) is -1.35. The van der Waals surface area contributed by atoms with Crippen molar-refractivity contribution in [2.45, 2.75) is 374 Å². The van der Waals surface area contributed by atoms with Gasteiger partial charge in [0.15, 0.2) is 12.2 Å². The first-order chi connectivity index (χ1) is 42.5. The molecule has 0 amide bonds. The van der Waals surface area contributed by atoms with Gasteiger partial charge in [-0.05, 0) is 31.6 Å². The summed E-state index contributed by atoms with van der Waals surface area (Å²) in [5, 5.41) is 10.5. The van der Waals surface area contributed by atoms with Crippen molar-refractivity contribution in [3.63, 3.8) is 0 Å². The van der Waals surface area contributed by atoms with Gasteiger partial charge in [-0.2, -0.15) is 0 Å². The van der Waals surface area contributed by atoms with Gasteiger partial charge < -0.3 is 33.8 Å². The molecule has 0 spiro atoms.